The van der Waals surface area contributed by atoms with Gasteiger partial charge in [-0.25, -0.2) is 0 Å². The van der Waals surface area contributed by atoms with Gasteiger partial charge in [0.2, 0.25) is 0 Å². The van der Waals surface area contributed by atoms with E-state index in [0.29, 0.717) is 10.5 Å². The number of halogens is 1. The van der Waals surface area contributed by atoms with E-state index < -0.39 is 0 Å². The summed E-state index contributed by atoms with van der Waals surface area (Å²) in [6.07, 6.45) is 1.58. The summed E-state index contributed by atoms with van der Waals surface area (Å²) < 4.78 is 1.10. The second-order valence-electron chi connectivity index (χ2n) is 6.31. The van der Waals surface area contributed by atoms with E-state index >= 15 is 0 Å². The van der Waals surface area contributed by atoms with E-state index in [-0.39, 0.29) is 23.4 Å². The molecule has 28 heavy (non-hydrogen) atoms. The summed E-state index contributed by atoms with van der Waals surface area (Å²) in [5.74, 6) is -0.241. The number of nitrogens with zero attached hydrogens (tertiary/aromatic N) is 2. The van der Waals surface area contributed by atoms with Crippen LogP contribution in [0.5, 0.6) is 5.75 Å². The van der Waals surface area contributed by atoms with E-state index in [2.05, 4.69) is 41.3 Å². The van der Waals surface area contributed by atoms with Crippen LogP contribution in [0.2, 0.25) is 0 Å². The highest BCUT2D eigenvalue weighted by molar-refractivity contribution is 14.1. The van der Waals surface area contributed by atoms with Gasteiger partial charge in [-0.1, -0.05) is 12.1 Å². The average molecular weight is 508 g/mol. The number of phenols is 1. The van der Waals surface area contributed by atoms with Crippen LogP contribution in [0.15, 0.2) is 47.4 Å². The highest BCUT2D eigenvalue weighted by Gasteiger charge is 2.35. The highest BCUT2D eigenvalue weighted by atomic mass is 127. The van der Waals surface area contributed by atoms with E-state index in [1.807, 2.05) is 30.3 Å². The number of imide groups is 1. The van der Waals surface area contributed by atoms with Crippen molar-refractivity contribution in [3.05, 3.63) is 62.1 Å². The normalized spacial score (nSPS) is 15.5. The molecule has 0 bridgehead atoms. The molecule has 0 unspecified atom stereocenters. The van der Waals surface area contributed by atoms with Crippen molar-refractivity contribution in [2.75, 3.05) is 18.0 Å². The summed E-state index contributed by atoms with van der Waals surface area (Å²) >= 11 is 3.11. The van der Waals surface area contributed by atoms with Gasteiger partial charge in [0.05, 0.1) is 11.4 Å². The number of carbonyl (C=O) groups is 2. The van der Waals surface area contributed by atoms with Gasteiger partial charge in [-0.15, -0.1) is 0 Å². The monoisotopic (exact) mass is 508 g/mol. The Morgan fingerprint density at radius 2 is 1.79 bits per heavy atom. The van der Waals surface area contributed by atoms with Crippen LogP contribution >= 0.6 is 34.4 Å². The predicted octanol–water partition coefficient (Wildman–Crippen LogP) is 5.08. The Morgan fingerprint density at radius 3 is 2.39 bits per heavy atom. The van der Waals surface area contributed by atoms with E-state index in [9.17, 15) is 14.7 Å². The van der Waals surface area contributed by atoms with Crippen LogP contribution in [0, 0.1) is 3.57 Å². The number of amides is 2. The predicted molar refractivity (Wildman–Crippen MR) is 122 cm³/mol. The van der Waals surface area contributed by atoms with Crippen molar-refractivity contribution >= 4 is 57.3 Å². The number of phenolic OH excluding ortho intramolecular Hbond substituents is 1. The molecule has 1 fully saturated rings. The van der Waals surface area contributed by atoms with Gasteiger partial charge in [0.15, 0.2) is 0 Å². The first kappa shape index (κ1) is 20.7. The first-order valence-corrected chi connectivity index (χ1v) is 10.9. The van der Waals surface area contributed by atoms with Crippen LogP contribution in [0.25, 0.3) is 6.08 Å². The molecular weight excluding hydrogens is 487 g/mol. The molecule has 1 aliphatic rings. The Morgan fingerprint density at radius 1 is 1.11 bits per heavy atom. The summed E-state index contributed by atoms with van der Waals surface area (Å²) in [6.45, 7) is 6.03. The van der Waals surface area contributed by atoms with E-state index in [1.54, 1.807) is 18.2 Å². The second-order valence-corrected chi connectivity index (χ2v) is 8.55. The second kappa shape index (κ2) is 9.00. The van der Waals surface area contributed by atoms with Crippen LogP contribution in [0.1, 0.15) is 25.0 Å². The Kier molecular flexibility index (Phi) is 6.66. The lowest BCUT2D eigenvalue weighted by atomic mass is 10.1. The maximum absolute atomic E-state index is 12.7. The fraction of sp³-hybridized carbons (Fsp3) is 0.238. The summed E-state index contributed by atoms with van der Waals surface area (Å²) in [6, 6.07) is 13.1. The zero-order chi connectivity index (χ0) is 20.3. The molecule has 146 valence electrons. The van der Waals surface area contributed by atoms with Gasteiger partial charge < -0.3 is 10.0 Å². The van der Waals surface area contributed by atoms with Gasteiger partial charge in [-0.05, 0) is 84.1 Å². The zero-order valence-corrected chi connectivity index (χ0v) is 18.7. The van der Waals surface area contributed by atoms with Crippen molar-refractivity contribution in [2.24, 2.45) is 0 Å². The molecular formula is C21H21IN2O3S. The third-order valence-corrected chi connectivity index (χ3v) is 6.18. The minimum absolute atomic E-state index is 0.0915. The van der Waals surface area contributed by atoms with Crippen LogP contribution in [-0.4, -0.2) is 34.2 Å². The number of aromatic hydroxyl groups is 1. The van der Waals surface area contributed by atoms with Crippen molar-refractivity contribution in [1.29, 1.82) is 0 Å². The van der Waals surface area contributed by atoms with Crippen molar-refractivity contribution in [3.63, 3.8) is 0 Å². The quantitative estimate of drug-likeness (QED) is 0.436. The third-order valence-electron chi connectivity index (χ3n) is 4.56. The lowest BCUT2D eigenvalue weighted by Gasteiger charge is -2.21. The molecule has 0 aromatic heterocycles. The fourth-order valence-electron chi connectivity index (χ4n) is 2.99. The van der Waals surface area contributed by atoms with Gasteiger partial charge in [0.25, 0.3) is 11.1 Å². The van der Waals surface area contributed by atoms with Gasteiger partial charge in [-0.3, -0.25) is 14.5 Å². The van der Waals surface area contributed by atoms with Crippen molar-refractivity contribution in [2.45, 2.75) is 20.4 Å². The molecule has 0 radical (unpaired) electrons. The molecule has 2 amide bonds. The van der Waals surface area contributed by atoms with E-state index in [4.69, 9.17) is 0 Å². The molecule has 2 aromatic rings. The van der Waals surface area contributed by atoms with Crippen LogP contribution in [0.3, 0.4) is 0 Å². The number of hydrogen-bond acceptors (Lipinski definition) is 5. The zero-order valence-electron chi connectivity index (χ0n) is 15.7. The van der Waals surface area contributed by atoms with Crippen LogP contribution in [-0.2, 0) is 11.3 Å². The van der Waals surface area contributed by atoms with Gasteiger partial charge >= 0.3 is 0 Å². The van der Waals surface area contributed by atoms with Gasteiger partial charge in [-0.2, -0.15) is 0 Å². The lowest BCUT2D eigenvalue weighted by molar-refractivity contribution is -0.123. The molecule has 5 nitrogen and oxygen atoms in total. The smallest absolute Gasteiger partial charge is 0.293 e. The lowest BCUT2D eigenvalue weighted by Crippen LogP contribution is -2.27. The van der Waals surface area contributed by atoms with Gasteiger partial charge in [0, 0.05) is 34.0 Å². The van der Waals surface area contributed by atoms with E-state index in [1.165, 1.54) is 4.90 Å². The number of benzene rings is 2. The first-order valence-electron chi connectivity index (χ1n) is 9.00. The number of anilines is 1. The van der Waals surface area contributed by atoms with Crippen molar-refractivity contribution in [1.82, 2.24) is 4.90 Å². The molecule has 0 atom stereocenters. The molecule has 3 rings (SSSR count). The summed E-state index contributed by atoms with van der Waals surface area (Å²) in [5, 5.41) is 10.1. The molecule has 7 heteroatoms. The topological polar surface area (TPSA) is 60.9 Å². The van der Waals surface area contributed by atoms with Gasteiger partial charge in [0.1, 0.15) is 5.75 Å². The Balaban J connectivity index is 1.80. The Labute approximate surface area is 182 Å². The molecule has 1 saturated heterocycles. The molecule has 0 aliphatic carbocycles. The third kappa shape index (κ3) is 4.52. The van der Waals surface area contributed by atoms with Crippen molar-refractivity contribution in [3.8, 4) is 5.75 Å². The number of thioether (sulfide) groups is 1. The van der Waals surface area contributed by atoms with Crippen LogP contribution < -0.4 is 4.90 Å². The molecule has 1 aliphatic heterocycles. The molecule has 1 N–H and O–H groups in total. The fourth-order valence-corrected chi connectivity index (χ4v) is 4.18. The minimum Gasteiger partial charge on any atom is -0.507 e. The summed E-state index contributed by atoms with van der Waals surface area (Å²) in [7, 11) is 0. The molecule has 0 saturated carbocycles. The highest BCUT2D eigenvalue weighted by Crippen LogP contribution is 2.35. The Hall–Kier alpha value is -2.00. The number of carbonyl (C=O) groups excluding carboxylic acids is 2. The average Bonchev–Trinajstić information content (AvgIpc) is 2.94. The maximum Gasteiger partial charge on any atom is 0.293 e. The standard InChI is InChI=1S/C21H21IN2O3S/c1-3-23(4-2)17-10-7-15(18(25)12-17)11-19-20(26)24(21(27)28-19)13-14-5-8-16(22)9-6-14/h5-12,25H,3-4,13H2,1-2H3/b19-11-. The molecule has 0 spiro atoms. The minimum atomic E-state index is -0.333. The van der Waals surface area contributed by atoms with E-state index in [0.717, 1.165) is 39.7 Å². The first-order chi connectivity index (χ1) is 13.4. The molecule has 2 aromatic carbocycles. The van der Waals surface area contributed by atoms with Crippen molar-refractivity contribution < 1.29 is 14.7 Å². The number of rotatable bonds is 6. The number of hydrogen-bond donors (Lipinski definition) is 1. The summed E-state index contributed by atoms with van der Waals surface area (Å²) in [5.41, 5.74) is 2.34. The van der Waals surface area contributed by atoms with Crippen LogP contribution in [0.4, 0.5) is 10.5 Å². The maximum atomic E-state index is 12.7. The SMILES string of the molecule is CCN(CC)c1ccc(/C=C2\SC(=O)N(Cc3ccc(I)cc3)C2=O)c(O)c1. The summed E-state index contributed by atoms with van der Waals surface area (Å²) in [4.78, 5) is 28.7. The molecule has 1 heterocycles. The Bertz CT molecular complexity index is 924. The largest absolute Gasteiger partial charge is 0.507 e.